The van der Waals surface area contributed by atoms with Crippen LogP contribution in [-0.2, 0) is 15.0 Å². The van der Waals surface area contributed by atoms with Crippen molar-refractivity contribution in [3.63, 3.8) is 0 Å². The highest BCUT2D eigenvalue weighted by Gasteiger charge is 2.47. The number of carboxylic acids is 1. The van der Waals surface area contributed by atoms with Crippen LogP contribution < -0.4 is 9.64 Å². The molecule has 2 rings (SSSR count). The van der Waals surface area contributed by atoms with Gasteiger partial charge in [-0.05, 0) is 26.0 Å². The summed E-state index contributed by atoms with van der Waals surface area (Å²) in [7, 11) is 1.47. The minimum Gasteiger partial charge on any atom is -0.495 e. The van der Waals surface area contributed by atoms with Gasteiger partial charge in [-0.3, -0.25) is 14.5 Å². The van der Waals surface area contributed by atoms with Gasteiger partial charge in [-0.2, -0.15) is 0 Å². The summed E-state index contributed by atoms with van der Waals surface area (Å²) in [6, 6.07) is 3.28. The van der Waals surface area contributed by atoms with Crippen LogP contribution in [0.3, 0.4) is 0 Å². The van der Waals surface area contributed by atoms with Gasteiger partial charge in [-0.1, -0.05) is 11.6 Å². The Morgan fingerprint density at radius 1 is 1.47 bits per heavy atom. The van der Waals surface area contributed by atoms with Crippen molar-refractivity contribution in [1.29, 1.82) is 0 Å². The number of nitrogens with zero attached hydrogens (tertiary/aromatic N) is 1. The Hall–Kier alpha value is -1.75. The Balaban J connectivity index is 2.70. The zero-order valence-corrected chi connectivity index (χ0v) is 11.6. The minimum atomic E-state index is -1.08. The summed E-state index contributed by atoms with van der Waals surface area (Å²) >= 11 is 6.17. The predicted molar refractivity (Wildman–Crippen MR) is 71.0 cm³/mol. The number of benzene rings is 1. The number of halogens is 1. The van der Waals surface area contributed by atoms with Gasteiger partial charge in [0.2, 0.25) is 5.91 Å². The molecular weight excluding hydrogens is 270 g/mol. The molecule has 102 valence electrons. The van der Waals surface area contributed by atoms with Crippen LogP contribution in [0.5, 0.6) is 5.75 Å². The van der Waals surface area contributed by atoms with E-state index >= 15 is 0 Å². The third kappa shape index (κ3) is 1.94. The fourth-order valence-corrected chi connectivity index (χ4v) is 2.80. The number of amides is 1. The van der Waals surface area contributed by atoms with E-state index in [1.807, 2.05) is 0 Å². The highest BCUT2D eigenvalue weighted by atomic mass is 35.5. The van der Waals surface area contributed by atoms with Crippen LogP contribution in [-0.4, -0.2) is 30.6 Å². The Morgan fingerprint density at radius 2 is 2.11 bits per heavy atom. The molecule has 0 aliphatic carbocycles. The SMILES string of the molecule is COc1ccc(Cl)c2c1N(CC(=O)O)C(=O)C2(C)C. The van der Waals surface area contributed by atoms with Crippen LogP contribution in [0.1, 0.15) is 19.4 Å². The second-order valence-corrected chi connectivity index (χ2v) is 5.29. The maximum absolute atomic E-state index is 12.4. The Morgan fingerprint density at radius 3 is 2.63 bits per heavy atom. The number of rotatable bonds is 3. The molecule has 0 aromatic heterocycles. The zero-order valence-electron chi connectivity index (χ0n) is 10.9. The maximum atomic E-state index is 12.4. The monoisotopic (exact) mass is 283 g/mol. The summed E-state index contributed by atoms with van der Waals surface area (Å²) < 4.78 is 5.22. The molecule has 0 radical (unpaired) electrons. The third-order valence-electron chi connectivity index (χ3n) is 3.28. The minimum absolute atomic E-state index is 0.295. The highest BCUT2D eigenvalue weighted by molar-refractivity contribution is 6.33. The second-order valence-electron chi connectivity index (χ2n) is 4.88. The first kappa shape index (κ1) is 13.7. The summed E-state index contributed by atoms with van der Waals surface area (Å²) in [4.78, 5) is 24.5. The molecule has 1 heterocycles. The Labute approximate surface area is 115 Å². The summed E-state index contributed by atoms with van der Waals surface area (Å²) in [5.41, 5.74) is 0.198. The Bertz CT molecular complexity index is 568. The molecule has 5 nitrogen and oxygen atoms in total. The standard InChI is InChI=1S/C13H14ClNO4/c1-13(2)10-7(14)4-5-8(19-3)11(10)15(12(13)18)6-9(16)17/h4-5H,6H2,1-3H3,(H,16,17). The first-order chi connectivity index (χ1) is 8.80. The molecule has 1 aromatic rings. The number of aliphatic carboxylic acids is 1. The molecule has 0 unspecified atom stereocenters. The van der Waals surface area contributed by atoms with Crippen molar-refractivity contribution in [2.24, 2.45) is 0 Å². The van der Waals surface area contributed by atoms with E-state index in [-0.39, 0.29) is 5.91 Å². The highest BCUT2D eigenvalue weighted by Crippen LogP contribution is 2.49. The molecule has 6 heteroatoms. The molecule has 1 aliphatic heterocycles. The summed E-state index contributed by atoms with van der Waals surface area (Å²) in [6.45, 7) is 3.04. The van der Waals surface area contributed by atoms with Crippen molar-refractivity contribution in [1.82, 2.24) is 0 Å². The molecule has 0 fully saturated rings. The van der Waals surface area contributed by atoms with Crippen molar-refractivity contribution in [2.45, 2.75) is 19.3 Å². The van der Waals surface area contributed by atoms with Gasteiger partial charge in [0.05, 0.1) is 18.2 Å². The van der Waals surface area contributed by atoms with Crippen molar-refractivity contribution in [2.75, 3.05) is 18.6 Å². The number of anilines is 1. The number of ether oxygens (including phenoxy) is 1. The number of hydrogen-bond donors (Lipinski definition) is 1. The van der Waals surface area contributed by atoms with Crippen LogP contribution in [0.15, 0.2) is 12.1 Å². The average molecular weight is 284 g/mol. The van der Waals surface area contributed by atoms with E-state index in [1.165, 1.54) is 12.0 Å². The Kier molecular flexibility index (Phi) is 3.18. The van der Waals surface area contributed by atoms with Crippen LogP contribution in [0, 0.1) is 0 Å². The fourth-order valence-electron chi connectivity index (χ4n) is 2.41. The van der Waals surface area contributed by atoms with Crippen LogP contribution >= 0.6 is 11.6 Å². The van der Waals surface area contributed by atoms with Gasteiger partial charge in [-0.15, -0.1) is 0 Å². The van der Waals surface area contributed by atoms with Gasteiger partial charge >= 0.3 is 5.97 Å². The third-order valence-corrected chi connectivity index (χ3v) is 3.59. The van der Waals surface area contributed by atoms with Gasteiger partial charge in [-0.25, -0.2) is 0 Å². The van der Waals surface area contributed by atoms with Gasteiger partial charge in [0.1, 0.15) is 12.3 Å². The van der Waals surface area contributed by atoms with E-state index in [0.29, 0.717) is 22.0 Å². The van der Waals surface area contributed by atoms with E-state index in [0.717, 1.165) is 0 Å². The van der Waals surface area contributed by atoms with Crippen molar-refractivity contribution in [3.8, 4) is 5.75 Å². The number of carboxylic acid groups (broad SMARTS) is 1. The van der Waals surface area contributed by atoms with Crippen molar-refractivity contribution >= 4 is 29.2 Å². The predicted octanol–water partition coefficient (Wildman–Crippen LogP) is 2.06. The van der Waals surface area contributed by atoms with Crippen molar-refractivity contribution in [3.05, 3.63) is 22.7 Å². The molecule has 19 heavy (non-hydrogen) atoms. The number of methoxy groups -OCH3 is 1. The van der Waals surface area contributed by atoms with Crippen LogP contribution in [0.25, 0.3) is 0 Å². The lowest BCUT2D eigenvalue weighted by Crippen LogP contribution is -2.39. The number of fused-ring (bicyclic) bond motifs is 1. The van der Waals surface area contributed by atoms with E-state index in [2.05, 4.69) is 0 Å². The van der Waals surface area contributed by atoms with E-state index < -0.39 is 17.9 Å². The normalized spacial score (nSPS) is 16.4. The number of hydrogen-bond acceptors (Lipinski definition) is 3. The molecule has 1 aliphatic rings. The summed E-state index contributed by atoms with van der Waals surface area (Å²) in [5.74, 6) is -0.935. The van der Waals surface area contributed by atoms with Gasteiger partial charge in [0.25, 0.3) is 0 Å². The van der Waals surface area contributed by atoms with Crippen molar-refractivity contribution < 1.29 is 19.4 Å². The lowest BCUT2D eigenvalue weighted by molar-refractivity contribution is -0.137. The first-order valence-corrected chi connectivity index (χ1v) is 6.09. The summed E-state index contributed by atoms with van der Waals surface area (Å²) in [5, 5.41) is 9.39. The van der Waals surface area contributed by atoms with Crippen LogP contribution in [0.2, 0.25) is 5.02 Å². The van der Waals surface area contributed by atoms with Gasteiger partial charge in [0, 0.05) is 10.6 Å². The van der Waals surface area contributed by atoms with E-state index in [1.54, 1.807) is 26.0 Å². The molecule has 0 saturated heterocycles. The maximum Gasteiger partial charge on any atom is 0.323 e. The van der Waals surface area contributed by atoms with Crippen LogP contribution in [0.4, 0.5) is 5.69 Å². The lowest BCUT2D eigenvalue weighted by Gasteiger charge is -2.18. The summed E-state index contributed by atoms with van der Waals surface area (Å²) in [6.07, 6.45) is 0. The van der Waals surface area contributed by atoms with E-state index in [4.69, 9.17) is 21.4 Å². The molecule has 1 aromatic carbocycles. The molecule has 1 N–H and O–H groups in total. The number of carbonyl (C=O) groups is 2. The van der Waals surface area contributed by atoms with E-state index in [9.17, 15) is 9.59 Å². The average Bonchev–Trinajstić information content (AvgIpc) is 2.51. The number of carbonyl (C=O) groups excluding carboxylic acids is 1. The second kappa shape index (κ2) is 4.42. The molecule has 0 spiro atoms. The largest absolute Gasteiger partial charge is 0.495 e. The first-order valence-electron chi connectivity index (χ1n) is 5.71. The molecular formula is C13H14ClNO4. The topological polar surface area (TPSA) is 66.8 Å². The van der Waals surface area contributed by atoms with Gasteiger partial charge in [0.15, 0.2) is 0 Å². The molecule has 1 amide bonds. The van der Waals surface area contributed by atoms with Gasteiger partial charge < -0.3 is 9.84 Å². The lowest BCUT2D eigenvalue weighted by atomic mass is 9.86. The smallest absolute Gasteiger partial charge is 0.323 e. The fraction of sp³-hybridized carbons (Fsp3) is 0.385. The zero-order chi connectivity index (χ0) is 14.4. The molecule has 0 saturated carbocycles. The molecule has 0 bridgehead atoms. The molecule has 0 atom stereocenters. The quantitative estimate of drug-likeness (QED) is 0.922.